The number of ketones is 1. The normalized spacial score (nSPS) is 12.9. The van der Waals surface area contributed by atoms with Gasteiger partial charge in [-0.3, -0.25) is 9.10 Å². The van der Waals surface area contributed by atoms with Crippen molar-refractivity contribution in [1.29, 1.82) is 0 Å². The maximum Gasteiger partial charge on any atom is 0.164 e. The maximum absolute atomic E-state index is 14.3. The van der Waals surface area contributed by atoms with Crippen LogP contribution in [-0.2, 0) is 11.0 Å². The van der Waals surface area contributed by atoms with Gasteiger partial charge in [-0.1, -0.05) is 0 Å². The lowest BCUT2D eigenvalue weighted by Gasteiger charge is -2.27. The molecule has 1 aromatic heterocycles. The Balaban J connectivity index is 2.23. The molecule has 154 valence electrons. The van der Waals surface area contributed by atoms with E-state index in [4.69, 9.17) is 4.42 Å². The lowest BCUT2D eigenvalue weighted by Crippen LogP contribution is -2.37. The quantitative estimate of drug-likeness (QED) is 0.400. The summed E-state index contributed by atoms with van der Waals surface area (Å²) in [5.74, 6) is -0.274. The summed E-state index contributed by atoms with van der Waals surface area (Å²) in [6.07, 6.45) is 1.47. The molecule has 4 nitrogen and oxygen atoms in total. The summed E-state index contributed by atoms with van der Waals surface area (Å²) in [5.41, 5.74) is 0.228. The molecule has 0 amide bonds. The van der Waals surface area contributed by atoms with E-state index in [2.05, 4.69) is 15.9 Å². The molecule has 0 radical (unpaired) electrons. The topological polar surface area (TPSA) is 50.5 Å². The average Bonchev–Trinajstić information content (AvgIpc) is 2.97. The van der Waals surface area contributed by atoms with Gasteiger partial charge in [0.15, 0.2) is 5.78 Å². The van der Waals surface area contributed by atoms with E-state index >= 15 is 0 Å². The number of benzene rings is 2. The molecular weight excluding hydrogens is 464 g/mol. The summed E-state index contributed by atoms with van der Waals surface area (Å²) in [6.45, 7) is 4.16. The van der Waals surface area contributed by atoms with Gasteiger partial charge in [0.2, 0.25) is 0 Å². The molecule has 1 unspecified atom stereocenters. The number of carbonyl (C=O) groups is 1. The van der Waals surface area contributed by atoms with E-state index < -0.39 is 22.5 Å². The largest absolute Gasteiger partial charge is 0.455 e. The van der Waals surface area contributed by atoms with Gasteiger partial charge in [-0.2, -0.15) is 0 Å². The second-order valence-electron chi connectivity index (χ2n) is 7.35. The van der Waals surface area contributed by atoms with Crippen LogP contribution in [0.4, 0.5) is 14.5 Å². The van der Waals surface area contributed by atoms with Crippen molar-refractivity contribution in [3.8, 4) is 11.3 Å². The van der Waals surface area contributed by atoms with Crippen molar-refractivity contribution in [3.05, 3.63) is 52.3 Å². The molecule has 0 aliphatic rings. The van der Waals surface area contributed by atoms with Crippen molar-refractivity contribution in [2.45, 2.75) is 26.4 Å². The predicted molar refractivity (Wildman–Crippen MR) is 116 cm³/mol. The third kappa shape index (κ3) is 4.59. The molecule has 1 heterocycles. The Morgan fingerprint density at radius 1 is 1.24 bits per heavy atom. The number of halogens is 3. The first-order chi connectivity index (χ1) is 13.5. The van der Waals surface area contributed by atoms with Crippen molar-refractivity contribution in [2.24, 2.45) is 0 Å². The van der Waals surface area contributed by atoms with E-state index in [1.54, 1.807) is 12.1 Å². The molecule has 0 fully saturated rings. The second kappa shape index (κ2) is 7.99. The fraction of sp³-hybridized carbons (Fsp3) is 0.286. The van der Waals surface area contributed by atoms with Gasteiger partial charge < -0.3 is 4.42 Å². The lowest BCUT2D eigenvalue weighted by atomic mass is 10.0. The predicted octanol–water partition coefficient (Wildman–Crippen LogP) is 6.05. The van der Waals surface area contributed by atoms with Crippen LogP contribution in [0, 0.1) is 5.82 Å². The summed E-state index contributed by atoms with van der Waals surface area (Å²) in [5, 5.41) is 0.564. The van der Waals surface area contributed by atoms with Gasteiger partial charge in [0.25, 0.3) is 0 Å². The Morgan fingerprint density at radius 3 is 2.38 bits per heavy atom. The standard InChI is InChI=1S/C21H20BrF2NO3S/c1-12(26)19-15-9-16(22)17(25(29(4)27)11-21(2,3)24)10-18(15)28-20(19)13-5-7-14(23)8-6-13/h5-10H,11H2,1-4H3. The Morgan fingerprint density at radius 2 is 1.86 bits per heavy atom. The van der Waals surface area contributed by atoms with Crippen LogP contribution in [0.15, 0.2) is 45.3 Å². The molecule has 29 heavy (non-hydrogen) atoms. The van der Waals surface area contributed by atoms with Gasteiger partial charge in [0, 0.05) is 27.7 Å². The van der Waals surface area contributed by atoms with E-state index in [-0.39, 0.29) is 12.3 Å². The minimum absolute atomic E-state index is 0.0920. The van der Waals surface area contributed by atoms with Crippen molar-refractivity contribution in [3.63, 3.8) is 0 Å². The third-order valence-electron chi connectivity index (χ3n) is 4.31. The molecule has 8 heteroatoms. The smallest absolute Gasteiger partial charge is 0.164 e. The number of carbonyl (C=O) groups excluding carboxylic acids is 1. The second-order valence-corrected chi connectivity index (χ2v) is 9.49. The molecule has 0 saturated carbocycles. The molecule has 2 aromatic carbocycles. The molecule has 3 aromatic rings. The zero-order valence-corrected chi connectivity index (χ0v) is 18.8. The fourth-order valence-electron chi connectivity index (χ4n) is 3.11. The van der Waals surface area contributed by atoms with Crippen LogP contribution in [-0.4, -0.2) is 28.5 Å². The summed E-state index contributed by atoms with van der Waals surface area (Å²) in [7, 11) is -1.49. The fourth-order valence-corrected chi connectivity index (χ4v) is 4.70. The van der Waals surface area contributed by atoms with E-state index in [0.29, 0.717) is 38.0 Å². The first-order valence-electron chi connectivity index (χ1n) is 8.81. The Hall–Kier alpha value is -2.06. The van der Waals surface area contributed by atoms with Crippen molar-refractivity contribution in [1.82, 2.24) is 0 Å². The highest BCUT2D eigenvalue weighted by molar-refractivity contribution is 9.10. The number of hydrogen-bond donors (Lipinski definition) is 0. The monoisotopic (exact) mass is 483 g/mol. The maximum atomic E-state index is 14.3. The Labute approximate surface area is 178 Å². The van der Waals surface area contributed by atoms with Crippen LogP contribution in [0.1, 0.15) is 31.1 Å². The van der Waals surface area contributed by atoms with E-state index in [1.807, 2.05) is 0 Å². The molecule has 0 saturated heterocycles. The Kier molecular flexibility index (Phi) is 5.96. The van der Waals surface area contributed by atoms with Crippen LogP contribution in [0.3, 0.4) is 0 Å². The zero-order chi connectivity index (χ0) is 21.5. The van der Waals surface area contributed by atoms with Crippen LogP contribution in [0.5, 0.6) is 0 Å². The number of rotatable bonds is 6. The minimum Gasteiger partial charge on any atom is -0.455 e. The highest BCUT2D eigenvalue weighted by Crippen LogP contribution is 2.40. The average molecular weight is 484 g/mol. The molecule has 1 atom stereocenters. The van der Waals surface area contributed by atoms with Gasteiger partial charge >= 0.3 is 0 Å². The van der Waals surface area contributed by atoms with Crippen molar-refractivity contribution >= 4 is 49.4 Å². The van der Waals surface area contributed by atoms with Crippen LogP contribution < -0.4 is 4.31 Å². The highest BCUT2D eigenvalue weighted by Gasteiger charge is 2.27. The van der Waals surface area contributed by atoms with Crippen molar-refractivity contribution < 1.29 is 22.2 Å². The number of alkyl halides is 1. The number of Topliss-reactive ketones (excluding diaryl/α,β-unsaturated/α-hetero) is 1. The minimum atomic E-state index is -1.58. The molecule has 0 spiro atoms. The summed E-state index contributed by atoms with van der Waals surface area (Å²) in [4.78, 5) is 12.3. The van der Waals surface area contributed by atoms with Crippen LogP contribution >= 0.6 is 15.9 Å². The summed E-state index contributed by atoms with van der Waals surface area (Å²) in [6, 6.07) is 8.98. The van der Waals surface area contributed by atoms with Gasteiger partial charge in [-0.05, 0) is 67.0 Å². The van der Waals surface area contributed by atoms with Crippen LogP contribution in [0.2, 0.25) is 0 Å². The molecule has 3 rings (SSSR count). The number of fused-ring (bicyclic) bond motifs is 1. The summed E-state index contributed by atoms with van der Waals surface area (Å²) < 4.78 is 47.8. The number of anilines is 1. The van der Waals surface area contributed by atoms with E-state index in [9.17, 15) is 17.8 Å². The number of nitrogens with zero attached hydrogens (tertiary/aromatic N) is 1. The third-order valence-corrected chi connectivity index (χ3v) is 5.90. The molecular formula is C21H20BrF2NO3S. The van der Waals surface area contributed by atoms with E-state index in [0.717, 1.165) is 0 Å². The van der Waals surface area contributed by atoms with Crippen LogP contribution in [0.25, 0.3) is 22.3 Å². The van der Waals surface area contributed by atoms with E-state index in [1.165, 1.54) is 55.6 Å². The van der Waals surface area contributed by atoms with Gasteiger partial charge in [-0.25, -0.2) is 13.0 Å². The first kappa shape index (κ1) is 21.6. The lowest BCUT2D eigenvalue weighted by molar-refractivity contribution is 0.101. The van der Waals surface area contributed by atoms with Gasteiger partial charge in [0.1, 0.15) is 33.8 Å². The van der Waals surface area contributed by atoms with Crippen molar-refractivity contribution in [2.75, 3.05) is 17.1 Å². The summed E-state index contributed by atoms with van der Waals surface area (Å²) >= 11 is 3.45. The molecule has 0 N–H and O–H groups in total. The SMILES string of the molecule is CC(=O)c1c(-c2ccc(F)cc2)oc2cc(N(CC(C)(C)F)S(C)=O)c(Br)cc12. The first-order valence-corrected chi connectivity index (χ1v) is 11.1. The Bertz CT molecular complexity index is 1100. The molecule has 0 aliphatic carbocycles. The number of furan rings is 1. The highest BCUT2D eigenvalue weighted by atomic mass is 79.9. The van der Waals surface area contributed by atoms with Gasteiger partial charge in [-0.15, -0.1) is 0 Å². The number of hydrogen-bond acceptors (Lipinski definition) is 3. The molecule has 0 aliphatic heterocycles. The molecule has 0 bridgehead atoms. The zero-order valence-electron chi connectivity index (χ0n) is 16.4. The van der Waals surface area contributed by atoms with Gasteiger partial charge in [0.05, 0.1) is 17.8 Å².